The molecule has 37 heavy (non-hydrogen) atoms. The van der Waals surface area contributed by atoms with Crippen molar-refractivity contribution in [2.75, 3.05) is 24.4 Å². The van der Waals surface area contributed by atoms with Crippen LogP contribution < -0.4 is 20.1 Å². The number of ether oxygens (including phenoxy) is 2. The van der Waals surface area contributed by atoms with Crippen molar-refractivity contribution in [3.8, 4) is 23.3 Å². The van der Waals surface area contributed by atoms with Gasteiger partial charge in [0.15, 0.2) is 16.6 Å². The van der Waals surface area contributed by atoms with Gasteiger partial charge in [-0.1, -0.05) is 23.5 Å². The summed E-state index contributed by atoms with van der Waals surface area (Å²) in [6, 6.07) is 19.5. The highest BCUT2D eigenvalue weighted by Gasteiger charge is 2.21. The summed E-state index contributed by atoms with van der Waals surface area (Å²) in [7, 11) is 1.52. The quantitative estimate of drug-likeness (QED) is 0.297. The lowest BCUT2D eigenvalue weighted by Gasteiger charge is -2.17. The molecule has 1 heterocycles. The van der Waals surface area contributed by atoms with Gasteiger partial charge >= 0.3 is 0 Å². The van der Waals surface area contributed by atoms with Crippen LogP contribution in [0.5, 0.6) is 17.2 Å². The summed E-state index contributed by atoms with van der Waals surface area (Å²) >= 11 is 1.25. The number of carbonyl (C=O) groups excluding carboxylic acids is 2. The van der Waals surface area contributed by atoms with Gasteiger partial charge in [0.05, 0.1) is 28.8 Å². The molecule has 188 valence electrons. The van der Waals surface area contributed by atoms with Crippen molar-refractivity contribution in [1.82, 2.24) is 4.98 Å². The number of rotatable bonds is 8. The van der Waals surface area contributed by atoms with Gasteiger partial charge in [-0.2, -0.15) is 5.26 Å². The maximum Gasteiger partial charge on any atom is 0.255 e. The minimum atomic E-state index is -0.720. The van der Waals surface area contributed by atoms with E-state index in [4.69, 9.17) is 14.6 Å². The Morgan fingerprint density at radius 1 is 1.08 bits per heavy atom. The molecule has 9 nitrogen and oxygen atoms in total. The summed E-state index contributed by atoms with van der Waals surface area (Å²) in [5, 5.41) is 24.1. The minimum Gasteiger partial charge on any atom is -0.493 e. The lowest BCUT2D eigenvalue weighted by atomic mass is 9.85. The summed E-state index contributed by atoms with van der Waals surface area (Å²) in [6.45, 7) is 2.97. The molecule has 0 bridgehead atoms. The molecule has 0 saturated carbocycles. The molecule has 0 aliphatic rings. The van der Waals surface area contributed by atoms with Gasteiger partial charge in [-0.3, -0.25) is 14.9 Å². The van der Waals surface area contributed by atoms with Crippen molar-refractivity contribution in [1.29, 1.82) is 5.26 Å². The number of nitriles is 1. The number of benzene rings is 3. The Kier molecular flexibility index (Phi) is 7.38. The lowest BCUT2D eigenvalue weighted by molar-refractivity contribution is -0.118. The van der Waals surface area contributed by atoms with Crippen molar-refractivity contribution in [2.45, 2.75) is 19.3 Å². The topological polar surface area (TPSA) is 134 Å². The minimum absolute atomic E-state index is 0.324. The fraction of sp³-hybridized carbons (Fsp3) is 0.185. The largest absolute Gasteiger partial charge is 0.493 e. The van der Waals surface area contributed by atoms with E-state index >= 15 is 0 Å². The number of fused-ring (bicyclic) bond motifs is 1. The van der Waals surface area contributed by atoms with E-state index in [-0.39, 0.29) is 5.91 Å². The van der Waals surface area contributed by atoms with Gasteiger partial charge in [0.2, 0.25) is 0 Å². The average Bonchev–Trinajstić information content (AvgIpc) is 3.30. The molecule has 3 aromatic carbocycles. The van der Waals surface area contributed by atoms with Crippen LogP contribution in [0.25, 0.3) is 10.2 Å². The van der Waals surface area contributed by atoms with Gasteiger partial charge in [-0.15, -0.1) is 0 Å². The van der Waals surface area contributed by atoms with Crippen LogP contribution in [-0.2, 0) is 10.2 Å². The molecular formula is C27H24N4O5S. The molecular weight excluding hydrogens is 492 g/mol. The molecule has 0 fully saturated rings. The number of methoxy groups -OCH3 is 1. The van der Waals surface area contributed by atoms with Crippen molar-refractivity contribution in [3.05, 3.63) is 71.8 Å². The summed E-state index contributed by atoms with van der Waals surface area (Å²) in [6.07, 6.45) is 0. The summed E-state index contributed by atoms with van der Waals surface area (Å²) < 4.78 is 12.3. The van der Waals surface area contributed by atoms with Crippen LogP contribution in [0.4, 0.5) is 10.8 Å². The Morgan fingerprint density at radius 2 is 1.89 bits per heavy atom. The predicted octanol–water partition coefficient (Wildman–Crippen LogP) is 5.08. The Bertz CT molecular complexity index is 1520. The Labute approximate surface area is 217 Å². The van der Waals surface area contributed by atoms with Crippen LogP contribution in [0.2, 0.25) is 0 Å². The monoisotopic (exact) mass is 516 g/mol. The molecule has 0 radical (unpaired) electrons. The number of aromatic nitrogens is 1. The number of thiazole rings is 1. The van der Waals surface area contributed by atoms with E-state index in [1.807, 2.05) is 6.07 Å². The van der Waals surface area contributed by atoms with E-state index in [1.165, 1.54) is 18.4 Å². The Balaban J connectivity index is 1.55. The molecule has 10 heteroatoms. The van der Waals surface area contributed by atoms with Crippen LogP contribution in [0.1, 0.15) is 29.8 Å². The molecule has 4 aromatic rings. The van der Waals surface area contributed by atoms with Gasteiger partial charge in [-0.25, -0.2) is 4.98 Å². The van der Waals surface area contributed by atoms with Gasteiger partial charge < -0.3 is 19.9 Å². The molecule has 2 amide bonds. The van der Waals surface area contributed by atoms with Gasteiger partial charge in [0.25, 0.3) is 11.8 Å². The fourth-order valence-corrected chi connectivity index (χ4v) is 4.37. The molecule has 0 spiro atoms. The number of aliphatic hydroxyl groups excluding tert-OH is 1. The van der Waals surface area contributed by atoms with Gasteiger partial charge in [0, 0.05) is 23.4 Å². The molecule has 0 saturated heterocycles. The van der Waals surface area contributed by atoms with Crippen molar-refractivity contribution in [3.63, 3.8) is 0 Å². The SMILES string of the molecule is COc1ccc(NC(=O)c2cccc(C(C)(C)C#N)c2)cc1Oc1ccc2nc(NC(=O)CO)sc2c1. The number of nitrogens with zero attached hydrogens (tertiary/aromatic N) is 2. The van der Waals surface area contributed by atoms with Crippen molar-refractivity contribution < 1.29 is 24.2 Å². The van der Waals surface area contributed by atoms with Gasteiger partial charge in [-0.05, 0) is 55.8 Å². The molecule has 0 atom stereocenters. The van der Waals surface area contributed by atoms with E-state index < -0.39 is 17.9 Å². The first-order valence-corrected chi connectivity index (χ1v) is 12.0. The van der Waals surface area contributed by atoms with E-state index in [1.54, 1.807) is 68.4 Å². The number of hydrogen-bond acceptors (Lipinski definition) is 8. The smallest absolute Gasteiger partial charge is 0.255 e. The summed E-state index contributed by atoms with van der Waals surface area (Å²) in [5.41, 5.74) is 1.62. The van der Waals surface area contributed by atoms with Crippen LogP contribution in [0.15, 0.2) is 60.7 Å². The second-order valence-electron chi connectivity index (χ2n) is 8.59. The second kappa shape index (κ2) is 10.7. The zero-order chi connectivity index (χ0) is 26.6. The first kappa shape index (κ1) is 25.6. The third-order valence-corrected chi connectivity index (χ3v) is 6.46. The van der Waals surface area contributed by atoms with E-state index in [0.717, 1.165) is 10.3 Å². The standard InChI is InChI=1S/C27H24N4O5S/c1-27(2,15-28)17-6-4-5-16(11-17)25(34)29-18-7-10-21(35-3)22(12-18)36-19-8-9-20-23(13-19)37-26(30-20)31-24(33)14-32/h4-13,32H,14H2,1-3H3,(H,29,34)(H,30,31,33). The number of anilines is 2. The van der Waals surface area contributed by atoms with Crippen LogP contribution >= 0.6 is 11.3 Å². The third kappa shape index (κ3) is 5.86. The summed E-state index contributed by atoms with van der Waals surface area (Å²) in [5.74, 6) is 0.493. The maximum absolute atomic E-state index is 12.9. The second-order valence-corrected chi connectivity index (χ2v) is 9.62. The molecule has 0 unspecified atom stereocenters. The number of carbonyl (C=O) groups is 2. The first-order chi connectivity index (χ1) is 17.7. The number of nitrogens with one attached hydrogen (secondary N) is 2. The average molecular weight is 517 g/mol. The van der Waals surface area contributed by atoms with Crippen LogP contribution in [0, 0.1) is 11.3 Å². The highest BCUT2D eigenvalue weighted by atomic mass is 32.1. The predicted molar refractivity (Wildman–Crippen MR) is 141 cm³/mol. The highest BCUT2D eigenvalue weighted by Crippen LogP contribution is 2.36. The molecule has 4 rings (SSSR count). The van der Waals surface area contributed by atoms with E-state index in [2.05, 4.69) is 21.7 Å². The normalized spacial score (nSPS) is 11.0. The zero-order valence-electron chi connectivity index (χ0n) is 20.4. The van der Waals surface area contributed by atoms with Gasteiger partial charge in [0.1, 0.15) is 12.4 Å². The van der Waals surface area contributed by atoms with Crippen LogP contribution in [0.3, 0.4) is 0 Å². The van der Waals surface area contributed by atoms with Crippen molar-refractivity contribution >= 4 is 44.2 Å². The Hall–Kier alpha value is -4.46. The van der Waals surface area contributed by atoms with Crippen molar-refractivity contribution in [2.24, 2.45) is 0 Å². The molecule has 0 aliphatic heterocycles. The molecule has 3 N–H and O–H groups in total. The summed E-state index contributed by atoms with van der Waals surface area (Å²) in [4.78, 5) is 28.7. The fourth-order valence-electron chi connectivity index (χ4n) is 3.46. The number of aliphatic hydroxyl groups is 1. The first-order valence-electron chi connectivity index (χ1n) is 11.2. The zero-order valence-corrected chi connectivity index (χ0v) is 21.2. The van der Waals surface area contributed by atoms with E-state index in [9.17, 15) is 14.9 Å². The number of hydrogen-bond donors (Lipinski definition) is 3. The van der Waals surface area contributed by atoms with Crippen LogP contribution in [-0.4, -0.2) is 35.6 Å². The highest BCUT2D eigenvalue weighted by molar-refractivity contribution is 7.22. The molecule has 0 aliphatic carbocycles. The Morgan fingerprint density at radius 3 is 2.62 bits per heavy atom. The number of amides is 2. The third-order valence-electron chi connectivity index (χ3n) is 5.53. The maximum atomic E-state index is 12.9. The lowest BCUT2D eigenvalue weighted by Crippen LogP contribution is -2.17. The van der Waals surface area contributed by atoms with E-state index in [0.29, 0.717) is 39.1 Å². The molecule has 1 aromatic heterocycles.